The molecule has 11 N–H and O–H groups in total. The molecule has 29 nitrogen and oxygen atoms in total. The number of Topliss-reactive ketones (excluding diaryl/α,β-unsaturated/α-hetero) is 1. The van der Waals surface area contributed by atoms with Crippen LogP contribution in [-0.4, -0.2) is 215 Å². The second-order valence-electron chi connectivity index (χ2n) is 29.8. The van der Waals surface area contributed by atoms with Gasteiger partial charge >= 0.3 is 24.2 Å². The normalized spacial score (nSPS) is 28.9. The van der Waals surface area contributed by atoms with Crippen LogP contribution < -0.4 is 43.0 Å². The van der Waals surface area contributed by atoms with Gasteiger partial charge in [-0.05, 0) is 148 Å². The molecule has 1 aromatic rings. The summed E-state index contributed by atoms with van der Waals surface area (Å²) in [5, 5.41) is 40.4. The zero-order valence-corrected chi connectivity index (χ0v) is 61.9. The molecule has 17 atom stereocenters. The number of alkyl halides is 2. The molecular formula is C75H110F2N8O21. The van der Waals surface area contributed by atoms with Gasteiger partial charge in [-0.3, -0.25) is 28.8 Å². The van der Waals surface area contributed by atoms with E-state index in [9.17, 15) is 58.2 Å². The van der Waals surface area contributed by atoms with Crippen LogP contribution in [0.25, 0.3) is 0 Å². The molecule has 2 unspecified atom stereocenters. The van der Waals surface area contributed by atoms with Crippen molar-refractivity contribution in [2.24, 2.45) is 58.0 Å². The van der Waals surface area contributed by atoms with Gasteiger partial charge in [-0.15, -0.1) is 0 Å². The topological polar surface area (TPSA) is 404 Å². The number of allylic oxidation sites excluding steroid dienone is 6. The van der Waals surface area contributed by atoms with Crippen molar-refractivity contribution < 1.29 is 110 Å². The summed E-state index contributed by atoms with van der Waals surface area (Å²) in [6, 6.07) is -0.0230. The molecule has 1 saturated heterocycles. The standard InChI is InChI=1S/C75H110F2N8O21/c1-8-14-63-105-61-38-52-53-37-55(76)54-36-48(87)22-24-72(54,6)74(53,77)59(88)39-73(52,7)75(61,106-63)60(89)43-102-68(94)57(35-44(2)3)83-66(92)58(40-86)84-71(97)103-41-46-18-20-47(21-19-46)81-65(91)56(17-13-25-79-69(78)95)82-67(93)64(45(4)5)85-62(90)23-27-98-29-31-100-33-34-101-32-30-99-28-26-80-70(96)104-42-51-49-15-11-9-10-12-16-50(49)51/h9-10,18-22,24,36,44-45,49-53,55-59,61,63-64,86,88H,8,11-17,23,25-35,37-43H2,1-7H3,(H,80,96)(H,81,91)(H,82,93)(H,83,92)(H,84,97)(H,85,90)(H3,78,79,95)/b10-9-/t49-,50+,51-,52?,53-,55-,56-,57-,58-,59-,61+,63?,64-,72-,73-,74-,75+/m0/s1. The Morgan fingerprint density at radius 3 is 2.03 bits per heavy atom. The number of aliphatic hydroxyl groups excluding tert-OH is 2. The summed E-state index contributed by atoms with van der Waals surface area (Å²) < 4.78 is 85.9. The fraction of sp³-hybridized carbons (Fsp3) is 0.707. The maximum absolute atomic E-state index is 18.1. The number of fused-ring (bicyclic) bond motifs is 8. The molecule has 1 aliphatic heterocycles. The Hall–Kier alpha value is -7.52. The largest absolute Gasteiger partial charge is 0.456 e. The average Bonchev–Trinajstić information content (AvgIpc) is 1.34. The number of rotatable bonds is 41. The fourth-order valence-electron chi connectivity index (χ4n) is 16.3. The van der Waals surface area contributed by atoms with Gasteiger partial charge in [0.15, 0.2) is 29.9 Å². The Morgan fingerprint density at radius 2 is 1.40 bits per heavy atom. The van der Waals surface area contributed by atoms with Crippen molar-refractivity contribution in [3.8, 4) is 0 Å². The molecule has 590 valence electrons. The van der Waals surface area contributed by atoms with Crippen LogP contribution in [0.3, 0.4) is 0 Å². The van der Waals surface area contributed by atoms with Crippen LogP contribution in [0.15, 0.2) is 60.2 Å². The van der Waals surface area contributed by atoms with E-state index in [2.05, 4.69) is 49.4 Å². The molecule has 8 amide bonds. The maximum Gasteiger partial charge on any atom is 0.408 e. The Kier molecular flexibility index (Phi) is 31.0. The van der Waals surface area contributed by atoms with Crippen molar-refractivity contribution in [1.29, 1.82) is 0 Å². The second kappa shape index (κ2) is 39.0. The highest BCUT2D eigenvalue weighted by atomic mass is 19.1. The van der Waals surface area contributed by atoms with E-state index in [4.69, 9.17) is 48.4 Å². The van der Waals surface area contributed by atoms with E-state index in [-0.39, 0.29) is 95.1 Å². The molecule has 8 rings (SSSR count). The average molecular weight is 1500 g/mol. The molecule has 4 saturated carbocycles. The number of nitrogens with one attached hydrogen (secondary N) is 7. The Balaban J connectivity index is 0.736. The van der Waals surface area contributed by atoms with Crippen LogP contribution in [0.5, 0.6) is 0 Å². The first-order valence-electron chi connectivity index (χ1n) is 37.3. The number of halogens is 2. The molecule has 0 spiro atoms. The number of carbonyl (C=O) groups excluding carboxylic acids is 10. The third kappa shape index (κ3) is 21.0. The minimum absolute atomic E-state index is 0.0189. The van der Waals surface area contributed by atoms with Gasteiger partial charge in [0.2, 0.25) is 29.4 Å². The SMILES string of the molecule is CCCC1O[C@@H]2CC3[C@@H]4C[C@H](F)C5=CC(=O)C=C[C@]5(C)[C@@]4(F)[C@@H](O)C[C@]3(C)[C@]2(C(=O)COC(=O)[C@H](CC(C)C)NC(=O)[C@H](CO)NC(=O)OCc2ccc(NC(=O)[C@H](CCCNC(N)=O)NC(=O)[C@@H](NC(=O)CCOCCOCCOCCOCCNC(=O)OC[C@@H]3[C@@H]4CC/C=C\CC[C@@H]43)C(C)C)cc2)O1. The van der Waals surface area contributed by atoms with Crippen molar-refractivity contribution in [2.75, 3.05) is 91.1 Å². The van der Waals surface area contributed by atoms with Crippen molar-refractivity contribution in [3.05, 3.63) is 65.8 Å². The van der Waals surface area contributed by atoms with E-state index in [0.717, 1.165) is 31.8 Å². The highest BCUT2D eigenvalue weighted by molar-refractivity contribution is 6.02. The van der Waals surface area contributed by atoms with Gasteiger partial charge < -0.3 is 95.8 Å². The van der Waals surface area contributed by atoms with E-state index < -0.39 is 161 Å². The predicted octanol–water partition coefficient (Wildman–Crippen LogP) is 5.31. The lowest BCUT2D eigenvalue weighted by Gasteiger charge is -2.63. The lowest BCUT2D eigenvalue weighted by atomic mass is 9.44. The van der Waals surface area contributed by atoms with Crippen molar-refractivity contribution in [1.82, 2.24) is 31.9 Å². The number of ketones is 2. The summed E-state index contributed by atoms with van der Waals surface area (Å²) in [7, 11) is 0. The summed E-state index contributed by atoms with van der Waals surface area (Å²) >= 11 is 0. The van der Waals surface area contributed by atoms with Gasteiger partial charge in [-0.2, -0.15) is 0 Å². The fourth-order valence-corrected chi connectivity index (χ4v) is 16.3. The maximum atomic E-state index is 18.1. The van der Waals surface area contributed by atoms with E-state index in [1.807, 2.05) is 6.92 Å². The lowest BCUT2D eigenvalue weighted by Crippen LogP contribution is -2.71. The van der Waals surface area contributed by atoms with Gasteiger partial charge in [-0.1, -0.05) is 78.3 Å². The number of nitrogens with two attached hydrogens (primary N) is 1. The van der Waals surface area contributed by atoms with Crippen molar-refractivity contribution in [2.45, 2.75) is 199 Å². The monoisotopic (exact) mass is 1500 g/mol. The minimum Gasteiger partial charge on any atom is -0.456 e. The van der Waals surface area contributed by atoms with Gasteiger partial charge in [0.05, 0.1) is 78.3 Å². The molecular weight excluding hydrogens is 1390 g/mol. The smallest absolute Gasteiger partial charge is 0.408 e. The molecule has 1 aromatic carbocycles. The third-order valence-corrected chi connectivity index (χ3v) is 21.8. The number of carbonyl (C=O) groups is 10. The number of primary amides is 1. The number of urea groups is 1. The van der Waals surface area contributed by atoms with Crippen LogP contribution in [0.1, 0.15) is 138 Å². The van der Waals surface area contributed by atoms with Crippen LogP contribution in [0, 0.1) is 52.3 Å². The first kappa shape index (κ1) is 84.1. The number of anilines is 1. The summed E-state index contributed by atoms with van der Waals surface area (Å²) in [5.41, 5.74) is -1.51. The quantitative estimate of drug-likeness (QED) is 0.0172. The number of aliphatic hydroxyl groups is 2. The van der Waals surface area contributed by atoms with E-state index in [1.165, 1.54) is 43.3 Å². The Morgan fingerprint density at radius 1 is 0.745 bits per heavy atom. The summed E-state index contributed by atoms with van der Waals surface area (Å²) in [5.74, 6) is -5.85. The molecule has 0 bridgehead atoms. The van der Waals surface area contributed by atoms with E-state index in [1.54, 1.807) is 34.6 Å². The van der Waals surface area contributed by atoms with Crippen molar-refractivity contribution in [3.63, 3.8) is 0 Å². The third-order valence-electron chi connectivity index (χ3n) is 21.8. The number of hydrogen-bond donors (Lipinski definition) is 10. The van der Waals surface area contributed by atoms with Gasteiger partial charge in [0.1, 0.15) is 36.9 Å². The van der Waals surface area contributed by atoms with Crippen molar-refractivity contribution >= 4 is 65.1 Å². The molecule has 31 heteroatoms. The molecule has 7 aliphatic rings. The Labute approximate surface area is 617 Å². The second-order valence-corrected chi connectivity index (χ2v) is 29.8. The van der Waals surface area contributed by atoms with Gasteiger partial charge in [0.25, 0.3) is 0 Å². The molecule has 0 radical (unpaired) electrons. The Bertz CT molecular complexity index is 3290. The molecule has 0 aromatic heterocycles. The predicted molar refractivity (Wildman–Crippen MR) is 379 cm³/mol. The number of benzene rings is 1. The summed E-state index contributed by atoms with van der Waals surface area (Å²) in [6.07, 6.45) is 6.11. The van der Waals surface area contributed by atoms with Crippen LogP contribution in [0.2, 0.25) is 0 Å². The number of amides is 8. The number of hydrogen-bond acceptors (Lipinski definition) is 21. The molecule has 6 aliphatic carbocycles. The first-order valence-corrected chi connectivity index (χ1v) is 37.3. The molecule has 106 heavy (non-hydrogen) atoms. The highest BCUT2D eigenvalue weighted by Gasteiger charge is 2.80. The molecule has 1 heterocycles. The highest BCUT2D eigenvalue weighted by Crippen LogP contribution is 2.72. The summed E-state index contributed by atoms with van der Waals surface area (Å²) in [4.78, 5) is 132. The van der Waals surface area contributed by atoms with Crippen LogP contribution >= 0.6 is 0 Å². The number of ether oxygens (including phenoxy) is 9. The van der Waals surface area contributed by atoms with E-state index >= 15 is 8.78 Å². The number of esters is 1. The number of alkyl carbamates (subject to hydrolysis) is 2. The minimum atomic E-state index is -2.45. The summed E-state index contributed by atoms with van der Waals surface area (Å²) in [6.45, 7) is 12.8. The van der Waals surface area contributed by atoms with Gasteiger partial charge in [-0.25, -0.2) is 28.0 Å². The van der Waals surface area contributed by atoms with Crippen LogP contribution in [0.4, 0.5) is 28.9 Å². The first-order chi connectivity index (χ1) is 50.6. The van der Waals surface area contributed by atoms with E-state index in [0.29, 0.717) is 82.3 Å². The zero-order chi connectivity index (χ0) is 76.9. The lowest BCUT2D eigenvalue weighted by molar-refractivity contribution is -0.235. The zero-order valence-electron chi connectivity index (χ0n) is 61.9. The van der Waals surface area contributed by atoms with Gasteiger partial charge in [0, 0.05) is 41.9 Å². The van der Waals surface area contributed by atoms with Crippen LogP contribution in [-0.2, 0) is 82.8 Å². The molecule has 5 fully saturated rings.